The monoisotopic (exact) mass is 358 g/mol. The second-order valence-electron chi connectivity index (χ2n) is 4.80. The fraction of sp³-hybridized carbons (Fsp3) is 0.0714. The molecule has 8 nitrogen and oxygen atoms in total. The predicted octanol–water partition coefficient (Wildman–Crippen LogP) is 1.99. The van der Waals surface area contributed by atoms with Gasteiger partial charge < -0.3 is 10.3 Å². The van der Waals surface area contributed by atoms with Gasteiger partial charge in [0.2, 0.25) is 5.91 Å². The highest BCUT2D eigenvalue weighted by molar-refractivity contribution is 7.99. The van der Waals surface area contributed by atoms with E-state index in [0.717, 1.165) is 22.0 Å². The standard InChI is InChI=1S/C14H10N6O2S2/c21-9(18-14-17-7-3-1-2-4-8(7)24-14)5-23-13-19-11-10(12(22)20-13)15-6-16-11/h1-4,6H,5H2,(H,17,18,21)(H2,15,16,19,20,22). The maximum atomic E-state index is 12.1. The van der Waals surface area contributed by atoms with E-state index in [4.69, 9.17) is 0 Å². The summed E-state index contributed by atoms with van der Waals surface area (Å²) in [7, 11) is 0. The van der Waals surface area contributed by atoms with Crippen molar-refractivity contribution in [3.63, 3.8) is 0 Å². The topological polar surface area (TPSA) is 116 Å². The minimum absolute atomic E-state index is 0.106. The van der Waals surface area contributed by atoms with E-state index in [9.17, 15) is 9.59 Å². The number of thiazole rings is 1. The molecule has 10 heteroatoms. The summed E-state index contributed by atoms with van der Waals surface area (Å²) in [6, 6.07) is 7.67. The molecule has 3 heterocycles. The summed E-state index contributed by atoms with van der Waals surface area (Å²) in [6.07, 6.45) is 1.40. The Morgan fingerprint density at radius 1 is 1.29 bits per heavy atom. The van der Waals surface area contributed by atoms with Crippen LogP contribution in [0.5, 0.6) is 0 Å². The number of amides is 1. The van der Waals surface area contributed by atoms with Crippen LogP contribution in [0.2, 0.25) is 0 Å². The van der Waals surface area contributed by atoms with Crippen molar-refractivity contribution < 1.29 is 4.79 Å². The number of benzene rings is 1. The van der Waals surface area contributed by atoms with Crippen LogP contribution in [-0.2, 0) is 4.79 Å². The molecule has 0 bridgehead atoms. The zero-order valence-electron chi connectivity index (χ0n) is 12.1. The van der Waals surface area contributed by atoms with Crippen molar-refractivity contribution in [3.8, 4) is 0 Å². The van der Waals surface area contributed by atoms with Crippen LogP contribution in [0, 0.1) is 0 Å². The van der Waals surface area contributed by atoms with Crippen molar-refractivity contribution in [2.75, 3.05) is 11.1 Å². The highest BCUT2D eigenvalue weighted by atomic mass is 32.2. The normalized spacial score (nSPS) is 11.2. The lowest BCUT2D eigenvalue weighted by atomic mass is 10.3. The van der Waals surface area contributed by atoms with Crippen molar-refractivity contribution in [2.24, 2.45) is 0 Å². The van der Waals surface area contributed by atoms with Gasteiger partial charge in [0.25, 0.3) is 5.56 Å². The SMILES string of the molecule is O=C(CSc1nc2nc[nH]c2c(=O)[nH]1)Nc1nc2ccccc2s1. The summed E-state index contributed by atoms with van der Waals surface area (Å²) in [5.41, 5.74) is 1.18. The second kappa shape index (κ2) is 6.06. The van der Waals surface area contributed by atoms with Gasteiger partial charge in [0.15, 0.2) is 21.5 Å². The van der Waals surface area contributed by atoms with Crippen LogP contribution in [0.15, 0.2) is 40.5 Å². The maximum absolute atomic E-state index is 12.1. The number of thioether (sulfide) groups is 1. The van der Waals surface area contributed by atoms with Crippen LogP contribution in [0.1, 0.15) is 0 Å². The van der Waals surface area contributed by atoms with Gasteiger partial charge in [-0.2, -0.15) is 0 Å². The van der Waals surface area contributed by atoms with E-state index in [1.165, 1.54) is 17.7 Å². The lowest BCUT2D eigenvalue weighted by Gasteiger charge is -2.01. The molecule has 24 heavy (non-hydrogen) atoms. The largest absolute Gasteiger partial charge is 0.339 e. The average Bonchev–Trinajstić information content (AvgIpc) is 3.18. The Labute approximate surface area is 142 Å². The van der Waals surface area contributed by atoms with Crippen LogP contribution in [-0.4, -0.2) is 36.6 Å². The van der Waals surface area contributed by atoms with E-state index >= 15 is 0 Å². The Morgan fingerprint density at radius 2 is 2.17 bits per heavy atom. The molecule has 1 amide bonds. The molecule has 4 aromatic rings. The minimum Gasteiger partial charge on any atom is -0.339 e. The number of fused-ring (bicyclic) bond motifs is 2. The van der Waals surface area contributed by atoms with E-state index in [1.807, 2.05) is 24.3 Å². The average molecular weight is 358 g/mol. The molecular weight excluding hydrogens is 348 g/mol. The van der Waals surface area contributed by atoms with Gasteiger partial charge in [0, 0.05) is 0 Å². The first kappa shape index (κ1) is 14.8. The van der Waals surface area contributed by atoms with Crippen molar-refractivity contribution in [1.82, 2.24) is 24.9 Å². The third-order valence-corrected chi connectivity index (χ3v) is 4.98. The van der Waals surface area contributed by atoms with E-state index in [-0.39, 0.29) is 17.2 Å². The first-order chi connectivity index (χ1) is 11.7. The third-order valence-electron chi connectivity index (χ3n) is 3.15. The summed E-state index contributed by atoms with van der Waals surface area (Å²) in [5, 5.41) is 3.65. The lowest BCUT2D eigenvalue weighted by Crippen LogP contribution is -2.15. The first-order valence-corrected chi connectivity index (χ1v) is 8.71. The van der Waals surface area contributed by atoms with E-state index in [2.05, 4.69) is 30.2 Å². The Balaban J connectivity index is 1.44. The molecule has 1 aromatic carbocycles. The van der Waals surface area contributed by atoms with Crippen molar-refractivity contribution >= 4 is 55.5 Å². The van der Waals surface area contributed by atoms with Crippen LogP contribution < -0.4 is 10.9 Å². The fourth-order valence-electron chi connectivity index (χ4n) is 2.11. The van der Waals surface area contributed by atoms with Crippen molar-refractivity contribution in [3.05, 3.63) is 40.9 Å². The molecule has 0 saturated carbocycles. The summed E-state index contributed by atoms with van der Waals surface area (Å²) in [5.74, 6) is -0.113. The Kier molecular flexibility index (Phi) is 3.75. The Morgan fingerprint density at radius 3 is 3.04 bits per heavy atom. The molecule has 0 unspecified atom stereocenters. The van der Waals surface area contributed by atoms with Crippen molar-refractivity contribution in [1.29, 1.82) is 0 Å². The molecule has 120 valence electrons. The van der Waals surface area contributed by atoms with Gasteiger partial charge in [-0.3, -0.25) is 14.6 Å². The highest BCUT2D eigenvalue weighted by Crippen LogP contribution is 2.25. The zero-order valence-corrected chi connectivity index (χ0v) is 13.7. The van der Waals surface area contributed by atoms with E-state index < -0.39 is 0 Å². The summed E-state index contributed by atoms with van der Waals surface area (Å²) < 4.78 is 1.01. The molecule has 0 aliphatic heterocycles. The van der Waals surface area contributed by atoms with Crippen LogP contribution in [0.4, 0.5) is 5.13 Å². The summed E-state index contributed by atoms with van der Waals surface area (Å²) in [4.78, 5) is 41.7. The number of aromatic amines is 2. The number of nitrogens with one attached hydrogen (secondary N) is 3. The summed E-state index contributed by atoms with van der Waals surface area (Å²) in [6.45, 7) is 0. The molecule has 0 saturated heterocycles. The molecule has 0 aliphatic carbocycles. The Hall–Kier alpha value is -2.72. The molecular formula is C14H10N6O2S2. The third kappa shape index (κ3) is 2.88. The van der Waals surface area contributed by atoms with Gasteiger partial charge in [-0.1, -0.05) is 35.2 Å². The molecule has 3 aromatic heterocycles. The van der Waals surface area contributed by atoms with Gasteiger partial charge in [-0.05, 0) is 12.1 Å². The number of hydrogen-bond acceptors (Lipinski definition) is 7. The number of carbonyl (C=O) groups is 1. The van der Waals surface area contributed by atoms with Gasteiger partial charge in [0.1, 0.15) is 0 Å². The first-order valence-electron chi connectivity index (χ1n) is 6.91. The maximum Gasteiger partial charge on any atom is 0.277 e. The fourth-order valence-corrected chi connectivity index (χ4v) is 3.64. The molecule has 0 aliphatic rings. The zero-order chi connectivity index (χ0) is 16.5. The van der Waals surface area contributed by atoms with Crippen LogP contribution in [0.3, 0.4) is 0 Å². The van der Waals surface area contributed by atoms with Crippen molar-refractivity contribution in [2.45, 2.75) is 5.16 Å². The number of carbonyl (C=O) groups excluding carboxylic acids is 1. The lowest BCUT2D eigenvalue weighted by molar-refractivity contribution is -0.113. The van der Waals surface area contributed by atoms with Gasteiger partial charge >= 0.3 is 0 Å². The van der Waals surface area contributed by atoms with E-state index in [0.29, 0.717) is 21.5 Å². The van der Waals surface area contributed by atoms with Gasteiger partial charge in [-0.25, -0.2) is 15.0 Å². The second-order valence-corrected chi connectivity index (χ2v) is 6.79. The predicted molar refractivity (Wildman–Crippen MR) is 93.5 cm³/mol. The molecule has 0 atom stereocenters. The molecule has 0 fully saturated rings. The number of para-hydroxylation sites is 1. The molecule has 3 N–H and O–H groups in total. The quantitative estimate of drug-likeness (QED) is 0.379. The minimum atomic E-state index is -0.313. The van der Waals surface area contributed by atoms with Gasteiger partial charge in [0.05, 0.1) is 22.3 Å². The smallest absolute Gasteiger partial charge is 0.277 e. The number of hydrogen-bond donors (Lipinski definition) is 3. The number of rotatable bonds is 4. The summed E-state index contributed by atoms with van der Waals surface area (Å²) >= 11 is 2.54. The Bertz CT molecular complexity index is 1070. The number of aromatic nitrogens is 5. The number of H-pyrrole nitrogens is 2. The van der Waals surface area contributed by atoms with E-state index in [1.54, 1.807) is 0 Å². The number of anilines is 1. The molecule has 0 radical (unpaired) electrons. The van der Waals surface area contributed by atoms with Gasteiger partial charge in [-0.15, -0.1) is 0 Å². The van der Waals surface area contributed by atoms with Crippen LogP contribution >= 0.6 is 23.1 Å². The molecule has 0 spiro atoms. The number of imidazole rings is 1. The molecule has 4 rings (SSSR count). The van der Waals surface area contributed by atoms with Crippen LogP contribution in [0.25, 0.3) is 21.4 Å². The number of nitrogens with zero attached hydrogens (tertiary/aromatic N) is 3. The highest BCUT2D eigenvalue weighted by Gasteiger charge is 2.11.